The molecule has 10 nitrogen and oxygen atoms in total. The van der Waals surface area contributed by atoms with E-state index in [4.69, 9.17) is 0 Å². The number of nitro groups is 1. The lowest BCUT2D eigenvalue weighted by Gasteiger charge is -2.44. The number of aliphatic hydroxyl groups is 1. The van der Waals surface area contributed by atoms with Crippen molar-refractivity contribution in [3.63, 3.8) is 0 Å². The van der Waals surface area contributed by atoms with Gasteiger partial charge < -0.3 is 15.7 Å². The van der Waals surface area contributed by atoms with Crippen LogP contribution < -0.4 is 10.6 Å². The Bertz CT molecular complexity index is 1010. The van der Waals surface area contributed by atoms with Crippen molar-refractivity contribution in [1.29, 1.82) is 0 Å². The predicted octanol–water partition coefficient (Wildman–Crippen LogP) is 3.06. The Morgan fingerprint density at radius 3 is 2.56 bits per heavy atom. The molecular formula is C21H26F3N7O3. The van der Waals surface area contributed by atoms with Crippen molar-refractivity contribution in [2.45, 2.75) is 50.6 Å². The van der Waals surface area contributed by atoms with E-state index in [0.717, 1.165) is 63.4 Å². The summed E-state index contributed by atoms with van der Waals surface area (Å²) in [7, 11) is 0. The normalized spacial score (nSPS) is 21.6. The fourth-order valence-corrected chi connectivity index (χ4v) is 4.48. The average molecular weight is 481 g/mol. The van der Waals surface area contributed by atoms with Crippen molar-refractivity contribution in [2.75, 3.05) is 30.3 Å². The van der Waals surface area contributed by atoms with Gasteiger partial charge in [-0.3, -0.25) is 20.0 Å². The zero-order chi connectivity index (χ0) is 24.3. The van der Waals surface area contributed by atoms with Crippen LogP contribution in [0.4, 0.5) is 30.6 Å². The number of aliphatic hydroxyl groups excluding tert-OH is 1. The third kappa shape index (κ3) is 5.70. The van der Waals surface area contributed by atoms with Gasteiger partial charge in [0, 0.05) is 50.2 Å². The number of hydrogen-bond acceptors (Lipinski definition) is 9. The molecule has 0 aromatic carbocycles. The first-order chi connectivity index (χ1) is 16.2. The van der Waals surface area contributed by atoms with E-state index in [-0.39, 0.29) is 35.7 Å². The third-order valence-corrected chi connectivity index (χ3v) is 6.39. The van der Waals surface area contributed by atoms with E-state index < -0.39 is 16.7 Å². The molecule has 0 atom stereocenters. The third-order valence-electron chi connectivity index (χ3n) is 6.39. The Morgan fingerprint density at radius 2 is 1.91 bits per heavy atom. The van der Waals surface area contributed by atoms with Crippen LogP contribution in [0.2, 0.25) is 0 Å². The summed E-state index contributed by atoms with van der Waals surface area (Å²) in [5.74, 6) is 0.320. The molecule has 1 aliphatic carbocycles. The summed E-state index contributed by atoms with van der Waals surface area (Å²) in [5.41, 5.74) is -1.21. The van der Waals surface area contributed by atoms with Gasteiger partial charge in [-0.05, 0) is 37.7 Å². The van der Waals surface area contributed by atoms with E-state index in [1.165, 1.54) is 0 Å². The van der Waals surface area contributed by atoms with Crippen LogP contribution in [0.15, 0.2) is 24.7 Å². The molecule has 0 spiro atoms. The van der Waals surface area contributed by atoms with Crippen molar-refractivity contribution in [2.24, 2.45) is 5.92 Å². The molecule has 1 saturated heterocycles. The highest BCUT2D eigenvalue weighted by Crippen LogP contribution is 2.33. The quantitative estimate of drug-likeness (QED) is 0.385. The number of anilines is 2. The highest BCUT2D eigenvalue weighted by Gasteiger charge is 2.34. The van der Waals surface area contributed by atoms with Gasteiger partial charge in [0.15, 0.2) is 0 Å². The molecule has 184 valence electrons. The van der Waals surface area contributed by atoms with Crippen molar-refractivity contribution >= 4 is 17.5 Å². The molecule has 1 saturated carbocycles. The van der Waals surface area contributed by atoms with Crippen molar-refractivity contribution in [1.82, 2.24) is 19.9 Å². The molecule has 2 aliphatic rings. The van der Waals surface area contributed by atoms with E-state index in [1.54, 1.807) is 0 Å². The highest BCUT2D eigenvalue weighted by atomic mass is 19.4. The highest BCUT2D eigenvalue weighted by molar-refractivity contribution is 5.57. The minimum Gasteiger partial charge on any atom is -0.390 e. The molecule has 0 radical (unpaired) electrons. The summed E-state index contributed by atoms with van der Waals surface area (Å²) in [6.07, 6.45) is 2.38. The number of halogens is 3. The Balaban J connectivity index is 1.37. The van der Waals surface area contributed by atoms with Crippen LogP contribution >= 0.6 is 0 Å². The number of pyridine rings is 1. The fourth-order valence-electron chi connectivity index (χ4n) is 4.48. The summed E-state index contributed by atoms with van der Waals surface area (Å²) in [6, 6.07) is 1.36. The number of alkyl halides is 3. The van der Waals surface area contributed by atoms with Crippen molar-refractivity contribution < 1.29 is 23.2 Å². The van der Waals surface area contributed by atoms with Gasteiger partial charge in [0.1, 0.15) is 6.20 Å². The minimum atomic E-state index is -4.53. The molecule has 1 aliphatic heterocycles. The number of hydrogen-bond donors (Lipinski definition) is 3. The maximum atomic E-state index is 13.2. The molecule has 0 amide bonds. The molecule has 0 bridgehead atoms. The molecule has 4 rings (SSSR count). The van der Waals surface area contributed by atoms with E-state index in [9.17, 15) is 28.4 Å². The predicted molar refractivity (Wildman–Crippen MR) is 117 cm³/mol. The van der Waals surface area contributed by atoms with Gasteiger partial charge in [0.05, 0.1) is 16.6 Å². The maximum absolute atomic E-state index is 13.2. The van der Waals surface area contributed by atoms with Gasteiger partial charge in [-0.15, -0.1) is 0 Å². The topological polar surface area (TPSA) is 129 Å². The molecule has 34 heavy (non-hydrogen) atoms. The van der Waals surface area contributed by atoms with Crippen LogP contribution in [-0.4, -0.2) is 61.7 Å². The van der Waals surface area contributed by atoms with E-state index in [2.05, 4.69) is 30.5 Å². The first-order valence-electron chi connectivity index (χ1n) is 11.1. The van der Waals surface area contributed by atoms with Gasteiger partial charge in [0.2, 0.25) is 11.8 Å². The molecule has 2 aromatic rings. The summed E-state index contributed by atoms with van der Waals surface area (Å²) in [6.45, 7) is 1.70. The van der Waals surface area contributed by atoms with Gasteiger partial charge in [-0.2, -0.15) is 18.2 Å². The number of likely N-dealkylation sites (tertiary alicyclic amines) is 1. The SMILES string of the molecule is O=[N+]([O-])c1cnc(NCc2cnccc2C(F)(F)F)nc1NCC1CCC(N2CC(O)C2)CC1. The van der Waals surface area contributed by atoms with E-state index in [0.29, 0.717) is 18.5 Å². The molecule has 13 heteroatoms. The molecule has 2 fully saturated rings. The lowest BCUT2D eigenvalue weighted by atomic mass is 9.84. The van der Waals surface area contributed by atoms with Crippen LogP contribution in [0.25, 0.3) is 0 Å². The molecule has 3 N–H and O–H groups in total. The Kier molecular flexibility index (Phi) is 7.12. The zero-order valence-electron chi connectivity index (χ0n) is 18.3. The van der Waals surface area contributed by atoms with E-state index in [1.807, 2.05) is 0 Å². The van der Waals surface area contributed by atoms with Crippen molar-refractivity contribution in [3.05, 3.63) is 45.9 Å². The zero-order valence-corrected chi connectivity index (χ0v) is 18.3. The van der Waals surface area contributed by atoms with Crippen LogP contribution in [-0.2, 0) is 12.7 Å². The lowest BCUT2D eigenvalue weighted by Crippen LogP contribution is -2.56. The van der Waals surface area contributed by atoms with Gasteiger partial charge in [-0.25, -0.2) is 4.98 Å². The second-order valence-electron chi connectivity index (χ2n) is 8.73. The van der Waals surface area contributed by atoms with Gasteiger partial charge in [-0.1, -0.05) is 0 Å². The monoisotopic (exact) mass is 481 g/mol. The summed E-state index contributed by atoms with van der Waals surface area (Å²) in [4.78, 5) is 24.9. The number of aromatic nitrogens is 3. The Hall–Kier alpha value is -3.06. The number of rotatable bonds is 8. The minimum absolute atomic E-state index is 0.0230. The standard InChI is InChI=1S/C21H26F3N7O3/c22-21(23,24)17-5-6-25-8-14(17)9-27-20-28-10-18(31(33)34)19(29-20)26-7-13-1-3-15(4-2-13)30-11-16(32)12-30/h5-6,8,10,13,15-16,32H,1-4,7,9,11-12H2,(H2,26,27,28,29). The molecule has 2 aromatic heterocycles. The number of β-amino-alcohol motifs (C(OH)–C–C–N with tert-alkyl or cyclic N) is 1. The molecular weight excluding hydrogens is 455 g/mol. The summed E-state index contributed by atoms with van der Waals surface area (Å²) < 4.78 is 39.5. The van der Waals surface area contributed by atoms with Crippen LogP contribution in [0.1, 0.15) is 36.8 Å². The number of nitrogens with zero attached hydrogens (tertiary/aromatic N) is 5. The first-order valence-corrected chi connectivity index (χ1v) is 11.1. The summed E-state index contributed by atoms with van der Waals surface area (Å²) >= 11 is 0. The molecule has 0 unspecified atom stereocenters. The largest absolute Gasteiger partial charge is 0.416 e. The van der Waals surface area contributed by atoms with Crippen LogP contribution in [0.5, 0.6) is 0 Å². The van der Waals surface area contributed by atoms with Gasteiger partial charge in [0.25, 0.3) is 0 Å². The second kappa shape index (κ2) is 10.1. The Labute approximate surface area is 193 Å². The number of nitrogens with one attached hydrogen (secondary N) is 2. The average Bonchev–Trinajstić information content (AvgIpc) is 2.79. The Morgan fingerprint density at radius 1 is 1.18 bits per heavy atom. The fraction of sp³-hybridized carbons (Fsp3) is 0.571. The van der Waals surface area contributed by atoms with Crippen LogP contribution in [0, 0.1) is 16.0 Å². The maximum Gasteiger partial charge on any atom is 0.416 e. The smallest absolute Gasteiger partial charge is 0.390 e. The van der Waals surface area contributed by atoms with E-state index >= 15 is 0 Å². The van der Waals surface area contributed by atoms with Crippen LogP contribution in [0.3, 0.4) is 0 Å². The van der Waals surface area contributed by atoms with Gasteiger partial charge >= 0.3 is 11.9 Å². The first kappa shape index (κ1) is 24.1. The molecule has 3 heterocycles. The lowest BCUT2D eigenvalue weighted by molar-refractivity contribution is -0.384. The summed E-state index contributed by atoms with van der Waals surface area (Å²) in [5, 5.41) is 26.6. The second-order valence-corrected chi connectivity index (χ2v) is 8.73. The van der Waals surface area contributed by atoms with Crippen molar-refractivity contribution in [3.8, 4) is 0 Å².